The largest absolute Gasteiger partial charge is 0.494 e. The molecule has 0 atom stereocenters. The first-order valence-electron chi connectivity index (χ1n) is 11.5. The normalized spacial score (nSPS) is 15.2. The average molecular weight is 536 g/mol. The molecule has 2 N–H and O–H groups in total. The van der Waals surface area contributed by atoms with Crippen molar-refractivity contribution in [3.63, 3.8) is 0 Å². The molecule has 192 valence electrons. The van der Waals surface area contributed by atoms with Crippen LogP contribution in [0.5, 0.6) is 5.75 Å². The Labute approximate surface area is 213 Å². The van der Waals surface area contributed by atoms with E-state index in [1.54, 1.807) is 28.6 Å². The van der Waals surface area contributed by atoms with Gasteiger partial charge in [0.2, 0.25) is 10.0 Å². The Bertz CT molecular complexity index is 1500. The summed E-state index contributed by atoms with van der Waals surface area (Å²) in [5.41, 5.74) is 2.53. The van der Waals surface area contributed by atoms with Gasteiger partial charge in [-0.3, -0.25) is 9.88 Å². The fourth-order valence-electron chi connectivity index (χ4n) is 4.27. The molecule has 0 aliphatic carbocycles. The van der Waals surface area contributed by atoms with Crippen LogP contribution in [-0.2, 0) is 16.6 Å². The summed E-state index contributed by atoms with van der Waals surface area (Å²) in [5.74, 6) is 0.371. The van der Waals surface area contributed by atoms with Gasteiger partial charge in [0.1, 0.15) is 11.6 Å². The van der Waals surface area contributed by atoms with E-state index < -0.39 is 10.0 Å². The molecule has 4 aromatic rings. The number of pyridine rings is 1. The highest BCUT2D eigenvalue weighted by Crippen LogP contribution is 2.22. The summed E-state index contributed by atoms with van der Waals surface area (Å²) in [6.07, 6.45) is 0.374. The molecule has 1 saturated heterocycles. The number of halogens is 2. The number of nitrogens with one attached hydrogen (secondary N) is 2. The van der Waals surface area contributed by atoms with Gasteiger partial charge in [-0.2, -0.15) is 4.31 Å². The lowest BCUT2D eigenvalue weighted by atomic mass is 10.2. The van der Waals surface area contributed by atoms with Crippen LogP contribution >= 0.6 is 12.4 Å². The molecule has 12 heteroatoms. The lowest BCUT2D eigenvalue weighted by Crippen LogP contribution is -2.48. The molecule has 3 heterocycles. The van der Waals surface area contributed by atoms with Gasteiger partial charge in [0.15, 0.2) is 5.65 Å². The maximum atomic E-state index is 13.1. The van der Waals surface area contributed by atoms with E-state index in [1.165, 1.54) is 12.1 Å². The number of nitrogens with zero attached hydrogens (tertiary/aromatic N) is 3. The molecular formula is C24H27ClFN5O4S. The van der Waals surface area contributed by atoms with Crippen LogP contribution in [0.2, 0.25) is 0 Å². The molecule has 0 amide bonds. The Hall–Kier alpha value is -2.99. The molecule has 0 bridgehead atoms. The van der Waals surface area contributed by atoms with E-state index in [1.807, 2.05) is 12.1 Å². The number of hydrogen-bond donors (Lipinski definition) is 2. The Kier molecular flexibility index (Phi) is 7.94. The second-order valence-electron chi connectivity index (χ2n) is 8.64. The summed E-state index contributed by atoms with van der Waals surface area (Å²) in [7, 11) is -3.37. The highest BCUT2D eigenvalue weighted by Gasteiger charge is 2.26. The smallest absolute Gasteiger partial charge is 0.325 e. The Balaban J connectivity index is 0.00000304. The number of sulfonamides is 1. The summed E-state index contributed by atoms with van der Waals surface area (Å²) < 4.78 is 45.9. The fourth-order valence-corrected chi connectivity index (χ4v) is 5.73. The van der Waals surface area contributed by atoms with E-state index in [0.717, 1.165) is 16.5 Å². The van der Waals surface area contributed by atoms with E-state index in [-0.39, 0.29) is 36.3 Å². The number of imidazole rings is 1. The highest BCUT2D eigenvalue weighted by atomic mass is 35.5. The Morgan fingerprint density at radius 3 is 2.50 bits per heavy atom. The molecule has 1 fully saturated rings. The van der Waals surface area contributed by atoms with Crippen molar-refractivity contribution in [2.45, 2.75) is 13.0 Å². The van der Waals surface area contributed by atoms with Crippen LogP contribution in [0, 0.1) is 5.82 Å². The van der Waals surface area contributed by atoms with Gasteiger partial charge in [-0.15, -0.1) is 12.4 Å². The lowest BCUT2D eigenvalue weighted by molar-refractivity contribution is 0.181. The number of rotatable bonds is 8. The van der Waals surface area contributed by atoms with E-state index in [9.17, 15) is 17.6 Å². The monoisotopic (exact) mass is 535 g/mol. The van der Waals surface area contributed by atoms with Crippen LogP contribution in [0.15, 0.2) is 53.3 Å². The zero-order valence-electron chi connectivity index (χ0n) is 19.4. The third-order valence-electron chi connectivity index (χ3n) is 6.13. The van der Waals surface area contributed by atoms with Crippen molar-refractivity contribution in [3.8, 4) is 5.75 Å². The SMILES string of the molecule is Cl.O=c1[nH]c2cc3cc(OCCCS(=O)(=O)N4CCN(Cc5ccc(F)cc5)CC4)ccc3nc2[nH]1. The number of aromatic amines is 2. The van der Waals surface area contributed by atoms with Crippen molar-refractivity contribution < 1.29 is 17.5 Å². The molecule has 2 aromatic carbocycles. The van der Waals surface area contributed by atoms with Gasteiger partial charge in [0.05, 0.1) is 23.4 Å². The second kappa shape index (κ2) is 11.0. The minimum atomic E-state index is -3.37. The Morgan fingerprint density at radius 1 is 1.00 bits per heavy atom. The number of H-pyrrole nitrogens is 2. The van der Waals surface area contributed by atoms with Gasteiger partial charge < -0.3 is 9.72 Å². The minimum Gasteiger partial charge on any atom is -0.494 e. The fraction of sp³-hybridized carbons (Fsp3) is 0.333. The molecule has 0 unspecified atom stereocenters. The van der Waals surface area contributed by atoms with Gasteiger partial charge >= 0.3 is 5.69 Å². The third kappa shape index (κ3) is 6.04. The molecule has 5 rings (SSSR count). The zero-order valence-corrected chi connectivity index (χ0v) is 21.1. The number of piperazine rings is 1. The molecule has 1 aliphatic rings. The van der Waals surface area contributed by atoms with Gasteiger partial charge in [0, 0.05) is 38.1 Å². The van der Waals surface area contributed by atoms with Crippen LogP contribution in [0.1, 0.15) is 12.0 Å². The molecule has 1 aliphatic heterocycles. The maximum absolute atomic E-state index is 13.1. The van der Waals surface area contributed by atoms with Crippen molar-refractivity contribution in [1.82, 2.24) is 24.2 Å². The molecule has 0 radical (unpaired) electrons. The topological polar surface area (TPSA) is 111 Å². The van der Waals surface area contributed by atoms with Crippen molar-refractivity contribution in [2.75, 3.05) is 38.5 Å². The van der Waals surface area contributed by atoms with Gasteiger partial charge in [-0.05, 0) is 48.4 Å². The summed E-state index contributed by atoms with van der Waals surface area (Å²) in [5, 5.41) is 0.816. The predicted molar refractivity (Wildman–Crippen MR) is 139 cm³/mol. The molecule has 9 nitrogen and oxygen atoms in total. The van der Waals surface area contributed by atoms with Crippen LogP contribution in [0.25, 0.3) is 22.1 Å². The second-order valence-corrected chi connectivity index (χ2v) is 10.7. The molecule has 2 aromatic heterocycles. The number of benzene rings is 2. The summed E-state index contributed by atoms with van der Waals surface area (Å²) in [4.78, 5) is 23.4. The van der Waals surface area contributed by atoms with Crippen molar-refractivity contribution in [2.24, 2.45) is 0 Å². The number of aromatic nitrogens is 3. The highest BCUT2D eigenvalue weighted by molar-refractivity contribution is 7.89. The zero-order chi connectivity index (χ0) is 24.4. The van der Waals surface area contributed by atoms with Crippen LogP contribution in [0.4, 0.5) is 4.39 Å². The van der Waals surface area contributed by atoms with Crippen LogP contribution in [0.3, 0.4) is 0 Å². The van der Waals surface area contributed by atoms with E-state index >= 15 is 0 Å². The first-order valence-corrected chi connectivity index (χ1v) is 13.1. The van der Waals surface area contributed by atoms with Crippen LogP contribution in [-0.4, -0.2) is 71.1 Å². The minimum absolute atomic E-state index is 0. The van der Waals surface area contributed by atoms with Crippen LogP contribution < -0.4 is 10.4 Å². The Morgan fingerprint density at radius 2 is 1.75 bits per heavy atom. The molecule has 0 spiro atoms. The van der Waals surface area contributed by atoms with Crippen molar-refractivity contribution >= 4 is 44.5 Å². The summed E-state index contributed by atoms with van der Waals surface area (Å²) in [6.45, 7) is 3.10. The van der Waals surface area contributed by atoms with Gasteiger partial charge in [-0.1, -0.05) is 12.1 Å². The number of hydrogen-bond acceptors (Lipinski definition) is 6. The predicted octanol–water partition coefficient (Wildman–Crippen LogP) is 2.88. The molecular weight excluding hydrogens is 509 g/mol. The van der Waals surface area contributed by atoms with Crippen molar-refractivity contribution in [3.05, 3.63) is 70.4 Å². The van der Waals surface area contributed by atoms with Crippen molar-refractivity contribution in [1.29, 1.82) is 0 Å². The van der Waals surface area contributed by atoms with E-state index in [0.29, 0.717) is 56.1 Å². The number of fused-ring (bicyclic) bond motifs is 2. The standard InChI is InChI=1S/C24H26FN5O4S.ClH/c25-19-4-2-17(3-5-19)16-29-8-10-30(11-9-29)35(32,33)13-1-12-34-20-6-7-21-18(14-20)15-22-23(26-21)28-24(31)27-22;/h2-7,14-15H,1,8-13,16H2,(H2,26,27,28,31);1H. The lowest BCUT2D eigenvalue weighted by Gasteiger charge is -2.34. The number of ether oxygens (including phenoxy) is 1. The first-order chi connectivity index (χ1) is 16.9. The summed E-state index contributed by atoms with van der Waals surface area (Å²) in [6, 6.07) is 13.6. The van der Waals surface area contributed by atoms with E-state index in [4.69, 9.17) is 4.74 Å². The van der Waals surface area contributed by atoms with Gasteiger partial charge in [-0.25, -0.2) is 22.6 Å². The third-order valence-corrected chi connectivity index (χ3v) is 8.08. The summed E-state index contributed by atoms with van der Waals surface area (Å²) >= 11 is 0. The van der Waals surface area contributed by atoms with Gasteiger partial charge in [0.25, 0.3) is 0 Å². The first kappa shape index (κ1) is 26.1. The maximum Gasteiger partial charge on any atom is 0.325 e. The average Bonchev–Trinajstić information content (AvgIpc) is 3.21. The quantitative estimate of drug-likeness (QED) is 0.336. The molecule has 36 heavy (non-hydrogen) atoms. The molecule has 0 saturated carbocycles. The van der Waals surface area contributed by atoms with E-state index in [2.05, 4.69) is 19.9 Å².